The molecule has 0 radical (unpaired) electrons. The maximum Gasteiger partial charge on any atom is 0.0120 e. The molecule has 1 aliphatic carbocycles. The van der Waals surface area contributed by atoms with Crippen molar-refractivity contribution >= 4 is 0 Å². The van der Waals surface area contributed by atoms with Gasteiger partial charge in [-0.05, 0) is 83.1 Å². The predicted octanol–water partition coefficient (Wildman–Crippen LogP) is 3.06. The highest BCUT2D eigenvalue weighted by Gasteiger charge is 2.47. The van der Waals surface area contributed by atoms with Gasteiger partial charge in [0.15, 0.2) is 0 Å². The smallest absolute Gasteiger partial charge is 0.0120 e. The lowest BCUT2D eigenvalue weighted by molar-refractivity contribution is -0.0769. The molecule has 0 amide bonds. The molecule has 0 N–H and O–H groups in total. The highest BCUT2D eigenvalue weighted by atomic mass is 15.3. The van der Waals surface area contributed by atoms with E-state index in [9.17, 15) is 0 Å². The minimum Gasteiger partial charge on any atom is -0.306 e. The topological polar surface area (TPSA) is 9.72 Å². The second kappa shape index (κ2) is 6.65. The number of nitrogens with zero attached hydrogens (tertiary/aromatic N) is 3. The van der Waals surface area contributed by atoms with E-state index in [1.54, 1.807) is 0 Å². The SMILES string of the molecule is CC1CCC2(CC1)CN(C1CCN(C3CCN(C)CC3)CC1)C2. The van der Waals surface area contributed by atoms with E-state index in [0.717, 1.165) is 23.4 Å². The average Bonchev–Trinajstić information content (AvgIpc) is 2.55. The van der Waals surface area contributed by atoms with Crippen LogP contribution in [-0.2, 0) is 0 Å². The molecule has 0 bridgehead atoms. The van der Waals surface area contributed by atoms with Crippen LogP contribution in [0, 0.1) is 11.3 Å². The molecule has 0 atom stereocenters. The normalized spacial score (nSPS) is 33.1. The van der Waals surface area contributed by atoms with Gasteiger partial charge in [0, 0.05) is 25.2 Å². The number of piperidine rings is 2. The van der Waals surface area contributed by atoms with Crippen molar-refractivity contribution in [3.05, 3.63) is 0 Å². The van der Waals surface area contributed by atoms with Crippen molar-refractivity contribution in [2.75, 3.05) is 46.3 Å². The van der Waals surface area contributed by atoms with Gasteiger partial charge in [-0.2, -0.15) is 0 Å². The fourth-order valence-corrected chi connectivity index (χ4v) is 5.74. The maximum atomic E-state index is 2.85. The van der Waals surface area contributed by atoms with Crippen LogP contribution < -0.4 is 0 Å². The summed E-state index contributed by atoms with van der Waals surface area (Å²) in [4.78, 5) is 8.16. The van der Waals surface area contributed by atoms with Gasteiger partial charge in [0.2, 0.25) is 0 Å². The largest absolute Gasteiger partial charge is 0.306 e. The summed E-state index contributed by atoms with van der Waals surface area (Å²) in [6.07, 6.45) is 11.7. The molecule has 0 aromatic heterocycles. The van der Waals surface area contributed by atoms with Crippen LogP contribution in [0.4, 0.5) is 0 Å². The van der Waals surface area contributed by atoms with Crippen LogP contribution in [0.25, 0.3) is 0 Å². The average molecular weight is 320 g/mol. The fraction of sp³-hybridized carbons (Fsp3) is 1.00. The highest BCUT2D eigenvalue weighted by molar-refractivity contribution is 5.00. The van der Waals surface area contributed by atoms with E-state index in [1.807, 2.05) is 0 Å². The van der Waals surface area contributed by atoms with Crippen molar-refractivity contribution < 1.29 is 0 Å². The van der Waals surface area contributed by atoms with Gasteiger partial charge in [-0.3, -0.25) is 4.90 Å². The Morgan fingerprint density at radius 2 is 1.22 bits per heavy atom. The molecule has 1 spiro atoms. The second-order valence-electron chi connectivity index (χ2n) is 9.39. The summed E-state index contributed by atoms with van der Waals surface area (Å²) in [6, 6.07) is 1.79. The number of hydrogen-bond acceptors (Lipinski definition) is 3. The molecule has 0 unspecified atom stereocenters. The van der Waals surface area contributed by atoms with Crippen LogP contribution in [0.1, 0.15) is 58.3 Å². The summed E-state index contributed by atoms with van der Waals surface area (Å²) in [5, 5.41) is 0. The van der Waals surface area contributed by atoms with Crippen molar-refractivity contribution in [3.63, 3.8) is 0 Å². The monoisotopic (exact) mass is 319 g/mol. The Balaban J connectivity index is 1.21. The first-order valence-electron chi connectivity index (χ1n) is 10.3. The van der Waals surface area contributed by atoms with Gasteiger partial charge in [-0.15, -0.1) is 0 Å². The third-order valence-electron chi connectivity index (χ3n) is 7.63. The molecule has 0 aromatic carbocycles. The zero-order valence-corrected chi connectivity index (χ0v) is 15.5. The lowest BCUT2D eigenvalue weighted by Crippen LogP contribution is -2.62. The zero-order valence-electron chi connectivity index (χ0n) is 15.5. The van der Waals surface area contributed by atoms with E-state index in [2.05, 4.69) is 28.7 Å². The van der Waals surface area contributed by atoms with Crippen molar-refractivity contribution in [3.8, 4) is 0 Å². The molecular weight excluding hydrogens is 282 g/mol. The molecule has 23 heavy (non-hydrogen) atoms. The zero-order chi connectivity index (χ0) is 15.9. The summed E-state index contributed by atoms with van der Waals surface area (Å²) < 4.78 is 0. The van der Waals surface area contributed by atoms with Crippen LogP contribution in [0.15, 0.2) is 0 Å². The van der Waals surface area contributed by atoms with Crippen LogP contribution in [0.3, 0.4) is 0 Å². The summed E-state index contributed by atoms with van der Waals surface area (Å²) >= 11 is 0. The first kappa shape index (κ1) is 16.4. The molecule has 4 aliphatic rings. The van der Waals surface area contributed by atoms with Gasteiger partial charge in [0.25, 0.3) is 0 Å². The van der Waals surface area contributed by atoms with Crippen LogP contribution in [0.2, 0.25) is 0 Å². The third-order valence-corrected chi connectivity index (χ3v) is 7.63. The van der Waals surface area contributed by atoms with Crippen LogP contribution in [-0.4, -0.2) is 73.1 Å². The molecule has 3 heterocycles. The number of likely N-dealkylation sites (tertiary alicyclic amines) is 3. The molecule has 1 saturated carbocycles. The van der Waals surface area contributed by atoms with E-state index < -0.39 is 0 Å². The first-order chi connectivity index (χ1) is 11.1. The molecule has 3 aliphatic heterocycles. The van der Waals surface area contributed by atoms with Gasteiger partial charge in [0.1, 0.15) is 0 Å². The van der Waals surface area contributed by atoms with Gasteiger partial charge in [-0.25, -0.2) is 0 Å². The Labute approximate surface area is 143 Å². The van der Waals surface area contributed by atoms with Crippen molar-refractivity contribution in [1.82, 2.24) is 14.7 Å². The lowest BCUT2D eigenvalue weighted by atomic mass is 9.65. The minimum absolute atomic E-state index is 0.748. The Bertz CT molecular complexity index is 378. The van der Waals surface area contributed by atoms with E-state index in [1.165, 1.54) is 90.6 Å². The Morgan fingerprint density at radius 3 is 1.83 bits per heavy atom. The summed E-state index contributed by atoms with van der Waals surface area (Å²) in [5.74, 6) is 0.993. The van der Waals surface area contributed by atoms with Gasteiger partial charge in [-0.1, -0.05) is 19.8 Å². The maximum absolute atomic E-state index is 2.85. The molecule has 132 valence electrons. The van der Waals surface area contributed by atoms with Crippen LogP contribution in [0.5, 0.6) is 0 Å². The number of rotatable bonds is 2. The number of hydrogen-bond donors (Lipinski definition) is 0. The van der Waals surface area contributed by atoms with Crippen LogP contribution >= 0.6 is 0 Å². The van der Waals surface area contributed by atoms with Gasteiger partial charge >= 0.3 is 0 Å². The Morgan fingerprint density at radius 1 is 0.696 bits per heavy atom. The Hall–Kier alpha value is -0.120. The quantitative estimate of drug-likeness (QED) is 0.774. The van der Waals surface area contributed by atoms with Gasteiger partial charge in [0.05, 0.1) is 0 Å². The summed E-state index contributed by atoms with van der Waals surface area (Å²) in [6.45, 7) is 10.6. The summed E-state index contributed by atoms with van der Waals surface area (Å²) in [5.41, 5.74) is 0.748. The molecule has 4 fully saturated rings. The Kier molecular flexibility index (Phi) is 4.73. The summed E-state index contributed by atoms with van der Waals surface area (Å²) in [7, 11) is 2.27. The molecule has 3 saturated heterocycles. The van der Waals surface area contributed by atoms with Crippen molar-refractivity contribution in [1.29, 1.82) is 0 Å². The van der Waals surface area contributed by atoms with Crippen molar-refractivity contribution in [2.24, 2.45) is 11.3 Å². The van der Waals surface area contributed by atoms with Gasteiger partial charge < -0.3 is 9.80 Å². The second-order valence-corrected chi connectivity index (χ2v) is 9.39. The molecule has 0 aromatic rings. The van der Waals surface area contributed by atoms with E-state index in [0.29, 0.717) is 0 Å². The van der Waals surface area contributed by atoms with E-state index in [4.69, 9.17) is 0 Å². The highest BCUT2D eigenvalue weighted by Crippen LogP contribution is 2.47. The fourth-order valence-electron chi connectivity index (χ4n) is 5.74. The van der Waals surface area contributed by atoms with E-state index >= 15 is 0 Å². The minimum atomic E-state index is 0.748. The van der Waals surface area contributed by atoms with E-state index in [-0.39, 0.29) is 0 Å². The third kappa shape index (κ3) is 3.48. The standard InChI is InChI=1S/C20H37N3/c1-17-3-9-20(10-4-17)15-23(16-20)19-7-13-22(14-8-19)18-5-11-21(2)12-6-18/h17-19H,3-16H2,1-2H3. The van der Waals surface area contributed by atoms with Crippen molar-refractivity contribution in [2.45, 2.75) is 70.4 Å². The lowest BCUT2D eigenvalue weighted by Gasteiger charge is -2.57. The molecular formula is C20H37N3. The molecule has 4 rings (SSSR count). The first-order valence-corrected chi connectivity index (χ1v) is 10.3. The predicted molar refractivity (Wildman–Crippen MR) is 96.8 cm³/mol. The molecule has 3 nitrogen and oxygen atoms in total. The molecule has 3 heteroatoms.